The largest absolute Gasteiger partial charge is 0.329 e. The summed E-state index contributed by atoms with van der Waals surface area (Å²) >= 11 is 5.79. The van der Waals surface area contributed by atoms with Crippen molar-refractivity contribution in [1.82, 2.24) is 9.97 Å². The van der Waals surface area contributed by atoms with Crippen LogP contribution in [0, 0.1) is 0 Å². The smallest absolute Gasteiger partial charge is 0.261 e. The van der Waals surface area contributed by atoms with Gasteiger partial charge in [0.2, 0.25) is 5.28 Å². The van der Waals surface area contributed by atoms with E-state index in [1.165, 1.54) is 0 Å². The molecule has 0 atom stereocenters. The Balaban J connectivity index is 1.91. The Kier molecular flexibility index (Phi) is 3.80. The summed E-state index contributed by atoms with van der Waals surface area (Å²) in [6, 6.07) is 11.8. The molecule has 2 N–H and O–H groups in total. The van der Waals surface area contributed by atoms with Gasteiger partial charge >= 0.3 is 0 Å². The number of aryl methyl sites for hydroxylation is 1. The number of fused-ring (bicyclic) bond motifs is 1. The predicted molar refractivity (Wildman–Crippen MR) is 87.7 cm³/mol. The third kappa shape index (κ3) is 2.93. The second kappa shape index (κ2) is 5.62. The van der Waals surface area contributed by atoms with Crippen LogP contribution in [-0.2, 0) is 16.4 Å². The molecular weight excluding hydrogens is 322 g/mol. The summed E-state index contributed by atoms with van der Waals surface area (Å²) < 4.78 is 27.3. The highest BCUT2D eigenvalue weighted by atomic mass is 35.5. The lowest BCUT2D eigenvalue weighted by Gasteiger charge is -2.08. The average Bonchev–Trinajstić information content (AvgIpc) is 2.86. The molecule has 0 bridgehead atoms. The molecule has 0 fully saturated rings. The van der Waals surface area contributed by atoms with Crippen LogP contribution in [0.4, 0.5) is 5.69 Å². The molecule has 2 aromatic carbocycles. The van der Waals surface area contributed by atoms with Gasteiger partial charge in [-0.15, -0.1) is 0 Å². The fourth-order valence-corrected chi connectivity index (χ4v) is 3.40. The maximum atomic E-state index is 12.4. The van der Waals surface area contributed by atoms with Gasteiger partial charge in [-0.1, -0.05) is 19.1 Å². The zero-order valence-electron chi connectivity index (χ0n) is 11.8. The van der Waals surface area contributed by atoms with Crippen molar-refractivity contribution in [2.75, 3.05) is 4.72 Å². The minimum absolute atomic E-state index is 0.229. The van der Waals surface area contributed by atoms with Crippen molar-refractivity contribution in [3.63, 3.8) is 0 Å². The molecule has 7 heteroatoms. The summed E-state index contributed by atoms with van der Waals surface area (Å²) in [4.78, 5) is 7.15. The highest BCUT2D eigenvalue weighted by Gasteiger charge is 2.14. The molecule has 5 nitrogen and oxygen atoms in total. The highest BCUT2D eigenvalue weighted by Crippen LogP contribution is 2.22. The van der Waals surface area contributed by atoms with Crippen molar-refractivity contribution < 1.29 is 8.42 Å². The van der Waals surface area contributed by atoms with Gasteiger partial charge in [0.05, 0.1) is 21.6 Å². The van der Waals surface area contributed by atoms with E-state index in [0.29, 0.717) is 16.7 Å². The lowest BCUT2D eigenvalue weighted by molar-refractivity contribution is 0.601. The Morgan fingerprint density at radius 3 is 2.59 bits per heavy atom. The van der Waals surface area contributed by atoms with Crippen LogP contribution >= 0.6 is 11.6 Å². The second-order valence-corrected chi connectivity index (χ2v) is 6.90. The molecule has 0 amide bonds. The van der Waals surface area contributed by atoms with Gasteiger partial charge in [0.25, 0.3) is 10.0 Å². The Labute approximate surface area is 133 Å². The summed E-state index contributed by atoms with van der Waals surface area (Å²) in [5.74, 6) is 0. The summed E-state index contributed by atoms with van der Waals surface area (Å²) in [7, 11) is -3.62. The molecule has 3 rings (SSSR count). The lowest BCUT2D eigenvalue weighted by Crippen LogP contribution is -2.12. The molecule has 1 aromatic heterocycles. The SMILES string of the molecule is CCc1ccc(S(=O)(=O)Nc2ccc3nc(Cl)[nH]c3c2)cc1. The van der Waals surface area contributed by atoms with Crippen molar-refractivity contribution in [2.24, 2.45) is 0 Å². The normalized spacial score (nSPS) is 11.7. The maximum Gasteiger partial charge on any atom is 0.261 e. The average molecular weight is 336 g/mol. The van der Waals surface area contributed by atoms with Crippen molar-refractivity contribution >= 4 is 38.3 Å². The summed E-state index contributed by atoms with van der Waals surface area (Å²) in [5, 5.41) is 0.269. The van der Waals surface area contributed by atoms with Gasteiger partial charge in [-0.25, -0.2) is 13.4 Å². The van der Waals surface area contributed by atoms with E-state index < -0.39 is 10.0 Å². The minimum atomic E-state index is -3.62. The number of anilines is 1. The van der Waals surface area contributed by atoms with E-state index in [2.05, 4.69) is 14.7 Å². The Hall–Kier alpha value is -2.05. The van der Waals surface area contributed by atoms with Gasteiger partial charge < -0.3 is 4.98 Å². The van der Waals surface area contributed by atoms with E-state index in [-0.39, 0.29) is 10.2 Å². The van der Waals surface area contributed by atoms with Crippen LogP contribution in [0.5, 0.6) is 0 Å². The standard InChI is InChI=1S/C15H14ClN3O2S/c1-2-10-3-6-12(7-4-10)22(20,21)19-11-5-8-13-14(9-11)18-15(16)17-13/h3-9,19H,2H2,1H3,(H,17,18). The number of nitrogens with one attached hydrogen (secondary N) is 2. The van der Waals surface area contributed by atoms with Crippen LogP contribution in [-0.4, -0.2) is 18.4 Å². The lowest BCUT2D eigenvalue weighted by atomic mass is 10.2. The van der Waals surface area contributed by atoms with E-state index in [4.69, 9.17) is 11.6 Å². The van der Waals surface area contributed by atoms with Crippen LogP contribution in [0.25, 0.3) is 11.0 Å². The summed E-state index contributed by atoms with van der Waals surface area (Å²) in [5.41, 5.74) is 2.90. The molecule has 22 heavy (non-hydrogen) atoms. The monoisotopic (exact) mass is 335 g/mol. The van der Waals surface area contributed by atoms with Crippen LogP contribution in [0.1, 0.15) is 12.5 Å². The van der Waals surface area contributed by atoms with Crippen LogP contribution < -0.4 is 4.72 Å². The topological polar surface area (TPSA) is 74.8 Å². The molecule has 0 saturated heterocycles. The molecule has 0 radical (unpaired) electrons. The summed E-state index contributed by atoms with van der Waals surface area (Å²) in [6.07, 6.45) is 0.866. The van der Waals surface area contributed by atoms with Gasteiger partial charge in [0, 0.05) is 0 Å². The number of imidazole rings is 1. The maximum absolute atomic E-state index is 12.4. The van der Waals surface area contributed by atoms with Crippen molar-refractivity contribution in [2.45, 2.75) is 18.2 Å². The fourth-order valence-electron chi connectivity index (χ4n) is 2.16. The fraction of sp³-hybridized carbons (Fsp3) is 0.133. The third-order valence-electron chi connectivity index (χ3n) is 3.35. The van der Waals surface area contributed by atoms with Crippen molar-refractivity contribution in [3.8, 4) is 0 Å². The molecule has 0 spiro atoms. The number of aromatic amines is 1. The van der Waals surface area contributed by atoms with Crippen molar-refractivity contribution in [1.29, 1.82) is 0 Å². The number of benzene rings is 2. The first kappa shape index (κ1) is 14.9. The van der Waals surface area contributed by atoms with Crippen LogP contribution in [0.3, 0.4) is 0 Å². The number of hydrogen-bond acceptors (Lipinski definition) is 3. The number of rotatable bonds is 4. The first-order valence-electron chi connectivity index (χ1n) is 6.75. The number of sulfonamides is 1. The first-order chi connectivity index (χ1) is 10.5. The van der Waals surface area contributed by atoms with Gasteiger partial charge in [-0.05, 0) is 53.9 Å². The Morgan fingerprint density at radius 2 is 1.91 bits per heavy atom. The molecule has 1 heterocycles. The minimum Gasteiger partial charge on any atom is -0.329 e. The second-order valence-electron chi connectivity index (χ2n) is 4.86. The van der Waals surface area contributed by atoms with Gasteiger partial charge in [-0.3, -0.25) is 4.72 Å². The van der Waals surface area contributed by atoms with Crippen molar-refractivity contribution in [3.05, 3.63) is 53.3 Å². The number of nitrogens with zero attached hydrogens (tertiary/aromatic N) is 1. The van der Waals surface area contributed by atoms with E-state index in [1.54, 1.807) is 30.3 Å². The number of aromatic nitrogens is 2. The molecule has 0 aliphatic carbocycles. The first-order valence-corrected chi connectivity index (χ1v) is 8.61. The van der Waals surface area contributed by atoms with E-state index in [1.807, 2.05) is 19.1 Å². The van der Waals surface area contributed by atoms with E-state index >= 15 is 0 Å². The van der Waals surface area contributed by atoms with E-state index in [0.717, 1.165) is 12.0 Å². The number of halogens is 1. The van der Waals surface area contributed by atoms with Crippen LogP contribution in [0.15, 0.2) is 47.4 Å². The highest BCUT2D eigenvalue weighted by molar-refractivity contribution is 7.92. The molecule has 0 unspecified atom stereocenters. The van der Waals surface area contributed by atoms with Gasteiger partial charge in [0.1, 0.15) is 0 Å². The van der Waals surface area contributed by atoms with Gasteiger partial charge in [-0.2, -0.15) is 0 Å². The molecule has 0 aliphatic heterocycles. The third-order valence-corrected chi connectivity index (χ3v) is 4.92. The zero-order chi connectivity index (χ0) is 15.7. The molecule has 0 saturated carbocycles. The Bertz CT molecular complexity index is 918. The molecular formula is C15H14ClN3O2S. The number of hydrogen-bond donors (Lipinski definition) is 2. The zero-order valence-corrected chi connectivity index (χ0v) is 13.4. The Morgan fingerprint density at radius 1 is 1.18 bits per heavy atom. The molecule has 0 aliphatic rings. The quantitative estimate of drug-likeness (QED) is 0.765. The van der Waals surface area contributed by atoms with Crippen LogP contribution in [0.2, 0.25) is 5.28 Å². The van der Waals surface area contributed by atoms with E-state index in [9.17, 15) is 8.42 Å². The molecule has 114 valence electrons. The molecule has 3 aromatic rings. The van der Waals surface area contributed by atoms with Gasteiger partial charge in [0.15, 0.2) is 0 Å². The summed E-state index contributed by atoms with van der Waals surface area (Å²) in [6.45, 7) is 2.02. The predicted octanol–water partition coefficient (Wildman–Crippen LogP) is 3.58. The number of H-pyrrole nitrogens is 1.